The number of halogens is 2. The summed E-state index contributed by atoms with van der Waals surface area (Å²) in [6.45, 7) is 0.549. The Hall–Kier alpha value is -3.09. The van der Waals surface area contributed by atoms with Crippen LogP contribution in [0.2, 0.25) is 0 Å². The fourth-order valence-electron chi connectivity index (χ4n) is 1.96. The summed E-state index contributed by atoms with van der Waals surface area (Å²) in [7, 11) is 0. The highest BCUT2D eigenvalue weighted by Gasteiger charge is 2.09. The maximum atomic E-state index is 13.6. The summed E-state index contributed by atoms with van der Waals surface area (Å²) < 4.78 is 27.3. The van der Waals surface area contributed by atoms with E-state index in [-0.39, 0.29) is 5.69 Å². The zero-order valence-electron chi connectivity index (χ0n) is 12.0. The highest BCUT2D eigenvalue weighted by Crippen LogP contribution is 2.22. The van der Waals surface area contributed by atoms with E-state index >= 15 is 0 Å². The van der Waals surface area contributed by atoms with Crippen LogP contribution in [0.1, 0.15) is 5.56 Å². The van der Waals surface area contributed by atoms with Gasteiger partial charge in [0.15, 0.2) is 0 Å². The number of para-hydroxylation sites is 1. The third-order valence-corrected chi connectivity index (χ3v) is 3.11. The first kappa shape index (κ1) is 14.8. The summed E-state index contributed by atoms with van der Waals surface area (Å²) >= 11 is 0. The third kappa shape index (κ3) is 3.76. The molecule has 3 aromatic rings. The highest BCUT2D eigenvalue weighted by molar-refractivity contribution is 5.60. The standard InChI is InChI=1S/C16H13F2N5/c17-12-2-1-3-13(18)16(12)23-15-8-14(21-10-22-15)20-9-11-4-6-19-7-5-11/h1-8,10H,9H2,(H2,20,21,22,23). The van der Waals surface area contributed by atoms with E-state index < -0.39 is 11.6 Å². The lowest BCUT2D eigenvalue weighted by Gasteiger charge is -2.10. The van der Waals surface area contributed by atoms with Crippen molar-refractivity contribution in [3.63, 3.8) is 0 Å². The maximum absolute atomic E-state index is 13.6. The second kappa shape index (κ2) is 6.78. The van der Waals surface area contributed by atoms with Crippen molar-refractivity contribution in [1.29, 1.82) is 0 Å². The van der Waals surface area contributed by atoms with E-state index in [2.05, 4.69) is 25.6 Å². The summed E-state index contributed by atoms with van der Waals surface area (Å²) in [4.78, 5) is 12.0. The Kier molecular flexibility index (Phi) is 4.37. The zero-order valence-corrected chi connectivity index (χ0v) is 12.0. The van der Waals surface area contributed by atoms with Crippen LogP contribution in [-0.2, 0) is 6.54 Å². The van der Waals surface area contributed by atoms with Crippen molar-refractivity contribution in [3.05, 3.63) is 72.3 Å². The predicted molar refractivity (Wildman–Crippen MR) is 83.2 cm³/mol. The van der Waals surface area contributed by atoms with Crippen LogP contribution in [0.5, 0.6) is 0 Å². The molecule has 1 aromatic carbocycles. The highest BCUT2D eigenvalue weighted by atomic mass is 19.1. The molecule has 0 amide bonds. The van der Waals surface area contributed by atoms with Crippen molar-refractivity contribution < 1.29 is 8.78 Å². The molecule has 0 aliphatic carbocycles. The number of nitrogens with zero attached hydrogens (tertiary/aromatic N) is 3. The van der Waals surface area contributed by atoms with Gasteiger partial charge in [-0.15, -0.1) is 0 Å². The lowest BCUT2D eigenvalue weighted by atomic mass is 10.2. The molecule has 116 valence electrons. The molecule has 7 heteroatoms. The molecule has 0 radical (unpaired) electrons. The molecule has 5 nitrogen and oxygen atoms in total. The van der Waals surface area contributed by atoms with Gasteiger partial charge in [0.25, 0.3) is 0 Å². The second-order valence-electron chi connectivity index (χ2n) is 4.72. The molecule has 0 unspecified atom stereocenters. The summed E-state index contributed by atoms with van der Waals surface area (Å²) in [5.74, 6) is -0.540. The Morgan fingerprint density at radius 1 is 0.913 bits per heavy atom. The number of aromatic nitrogens is 3. The number of benzene rings is 1. The summed E-state index contributed by atoms with van der Waals surface area (Å²) in [6.07, 6.45) is 4.71. The van der Waals surface area contributed by atoms with Gasteiger partial charge in [0, 0.05) is 25.0 Å². The molecule has 3 rings (SSSR count). The van der Waals surface area contributed by atoms with E-state index in [4.69, 9.17) is 0 Å². The minimum Gasteiger partial charge on any atom is -0.366 e. The molecular formula is C16H13F2N5. The first-order valence-electron chi connectivity index (χ1n) is 6.88. The topological polar surface area (TPSA) is 62.7 Å². The summed E-state index contributed by atoms with van der Waals surface area (Å²) in [5.41, 5.74) is 0.791. The SMILES string of the molecule is Fc1cccc(F)c1Nc1cc(NCc2ccncc2)ncn1. The molecule has 0 aliphatic heterocycles. The van der Waals surface area contributed by atoms with Crippen LogP contribution >= 0.6 is 0 Å². The molecule has 0 spiro atoms. The average Bonchev–Trinajstić information content (AvgIpc) is 2.58. The normalized spacial score (nSPS) is 10.3. The van der Waals surface area contributed by atoms with Crippen LogP contribution in [0.3, 0.4) is 0 Å². The Balaban J connectivity index is 1.72. The Morgan fingerprint density at radius 3 is 2.35 bits per heavy atom. The van der Waals surface area contributed by atoms with Crippen molar-refractivity contribution in [2.75, 3.05) is 10.6 Å². The van der Waals surface area contributed by atoms with Crippen LogP contribution < -0.4 is 10.6 Å². The molecule has 0 saturated heterocycles. The zero-order chi connectivity index (χ0) is 16.1. The van der Waals surface area contributed by atoms with E-state index in [1.54, 1.807) is 18.5 Å². The largest absolute Gasteiger partial charge is 0.366 e. The minimum absolute atomic E-state index is 0.244. The van der Waals surface area contributed by atoms with Gasteiger partial charge in [-0.3, -0.25) is 4.98 Å². The first-order chi connectivity index (χ1) is 11.2. The Bertz CT molecular complexity index is 775. The quantitative estimate of drug-likeness (QED) is 0.755. The predicted octanol–water partition coefficient (Wildman–Crippen LogP) is 3.51. The molecule has 0 fully saturated rings. The fraction of sp³-hybridized carbons (Fsp3) is 0.0625. The number of rotatable bonds is 5. The Morgan fingerprint density at radius 2 is 1.61 bits per heavy atom. The molecule has 0 saturated carbocycles. The average molecular weight is 313 g/mol. The molecule has 23 heavy (non-hydrogen) atoms. The smallest absolute Gasteiger partial charge is 0.149 e. The second-order valence-corrected chi connectivity index (χ2v) is 4.72. The van der Waals surface area contributed by atoms with Gasteiger partial charge in [-0.2, -0.15) is 0 Å². The van der Waals surface area contributed by atoms with Gasteiger partial charge in [0.2, 0.25) is 0 Å². The molecule has 0 bridgehead atoms. The third-order valence-electron chi connectivity index (χ3n) is 3.11. The molecule has 2 aromatic heterocycles. The van der Waals surface area contributed by atoms with Gasteiger partial charge in [-0.25, -0.2) is 18.7 Å². The van der Waals surface area contributed by atoms with E-state index in [1.807, 2.05) is 12.1 Å². The monoisotopic (exact) mass is 313 g/mol. The van der Waals surface area contributed by atoms with Crippen LogP contribution in [0.15, 0.2) is 55.1 Å². The van der Waals surface area contributed by atoms with Crippen molar-refractivity contribution in [3.8, 4) is 0 Å². The van der Waals surface area contributed by atoms with Gasteiger partial charge in [0.05, 0.1) is 0 Å². The van der Waals surface area contributed by atoms with E-state index in [0.29, 0.717) is 18.2 Å². The van der Waals surface area contributed by atoms with E-state index in [9.17, 15) is 8.78 Å². The van der Waals surface area contributed by atoms with Gasteiger partial charge < -0.3 is 10.6 Å². The summed E-state index contributed by atoms with van der Waals surface area (Å²) in [6, 6.07) is 8.99. The van der Waals surface area contributed by atoms with Gasteiger partial charge in [0.1, 0.15) is 35.3 Å². The number of anilines is 3. The fourth-order valence-corrected chi connectivity index (χ4v) is 1.96. The van der Waals surface area contributed by atoms with Crippen molar-refractivity contribution in [2.24, 2.45) is 0 Å². The minimum atomic E-state index is -0.685. The van der Waals surface area contributed by atoms with Crippen molar-refractivity contribution in [2.45, 2.75) is 6.54 Å². The molecule has 0 atom stereocenters. The van der Waals surface area contributed by atoms with Crippen LogP contribution in [0, 0.1) is 11.6 Å². The van der Waals surface area contributed by atoms with E-state index in [1.165, 1.54) is 24.5 Å². The first-order valence-corrected chi connectivity index (χ1v) is 6.88. The molecule has 2 heterocycles. The lowest BCUT2D eigenvalue weighted by Crippen LogP contribution is -2.04. The van der Waals surface area contributed by atoms with Gasteiger partial charge in [-0.1, -0.05) is 6.07 Å². The van der Waals surface area contributed by atoms with Crippen molar-refractivity contribution >= 4 is 17.3 Å². The maximum Gasteiger partial charge on any atom is 0.149 e. The van der Waals surface area contributed by atoms with Crippen LogP contribution in [-0.4, -0.2) is 15.0 Å². The number of hydrogen-bond acceptors (Lipinski definition) is 5. The molecule has 0 aliphatic rings. The Labute approximate surface area is 131 Å². The van der Waals surface area contributed by atoms with Crippen LogP contribution in [0.25, 0.3) is 0 Å². The van der Waals surface area contributed by atoms with E-state index in [0.717, 1.165) is 5.56 Å². The number of hydrogen-bond donors (Lipinski definition) is 2. The molecular weight excluding hydrogens is 300 g/mol. The summed E-state index contributed by atoms with van der Waals surface area (Å²) in [5, 5.41) is 5.74. The lowest BCUT2D eigenvalue weighted by molar-refractivity contribution is 0.590. The van der Waals surface area contributed by atoms with Crippen LogP contribution in [0.4, 0.5) is 26.1 Å². The number of pyridine rings is 1. The number of nitrogens with one attached hydrogen (secondary N) is 2. The molecule has 2 N–H and O–H groups in total. The van der Waals surface area contributed by atoms with Gasteiger partial charge >= 0.3 is 0 Å². The van der Waals surface area contributed by atoms with Crippen molar-refractivity contribution in [1.82, 2.24) is 15.0 Å². The van der Waals surface area contributed by atoms with Gasteiger partial charge in [-0.05, 0) is 29.8 Å².